The minimum atomic E-state index is -0.223. The Kier molecular flexibility index (Phi) is 2.68. The second-order valence-corrected chi connectivity index (χ2v) is 5.54. The predicted octanol–water partition coefficient (Wildman–Crippen LogP) is 3.32. The minimum absolute atomic E-state index is 0.201. The molecule has 19 heavy (non-hydrogen) atoms. The Bertz CT molecular complexity index is 880. The quantitative estimate of drug-likeness (QED) is 0.503. The van der Waals surface area contributed by atoms with Gasteiger partial charge in [-0.1, -0.05) is 23.0 Å². The summed E-state index contributed by atoms with van der Waals surface area (Å²) in [5.74, 6) is -0.201. The normalized spacial score (nSPS) is 11.1. The van der Waals surface area contributed by atoms with E-state index in [-0.39, 0.29) is 16.1 Å². The summed E-state index contributed by atoms with van der Waals surface area (Å²) in [4.78, 5) is 28.4. The van der Waals surface area contributed by atoms with Crippen molar-refractivity contribution in [1.29, 1.82) is 0 Å². The summed E-state index contributed by atoms with van der Waals surface area (Å²) in [6, 6.07) is 9.61. The number of nitrogens with zero attached hydrogens (tertiary/aromatic N) is 1. The topological polar surface area (TPSA) is 47.0 Å². The molecule has 0 fully saturated rings. The van der Waals surface area contributed by atoms with Crippen molar-refractivity contribution in [2.45, 2.75) is 13.8 Å². The van der Waals surface area contributed by atoms with E-state index in [0.717, 1.165) is 33.2 Å². The number of rotatable bonds is 1. The number of ketones is 1. The molecular formula is C15H11NO2S. The Labute approximate surface area is 113 Å². The van der Waals surface area contributed by atoms with Gasteiger partial charge >= 0.3 is 0 Å². The SMILES string of the molecule is CC(=O)c1cc2cc3cc(C)ccc3nc2sc1=O. The van der Waals surface area contributed by atoms with E-state index in [4.69, 9.17) is 0 Å². The van der Waals surface area contributed by atoms with Gasteiger partial charge in [0.15, 0.2) is 5.78 Å². The molecule has 0 aliphatic carbocycles. The summed E-state index contributed by atoms with van der Waals surface area (Å²) in [6.07, 6.45) is 0. The molecule has 4 heteroatoms. The molecule has 2 heterocycles. The lowest BCUT2D eigenvalue weighted by atomic mass is 10.1. The number of benzene rings is 1. The summed E-state index contributed by atoms with van der Waals surface area (Å²) in [5, 5.41) is 1.86. The van der Waals surface area contributed by atoms with Crippen LogP contribution in [0, 0.1) is 6.92 Å². The molecule has 0 bridgehead atoms. The first kappa shape index (κ1) is 12.0. The highest BCUT2D eigenvalue weighted by Gasteiger charge is 2.09. The Hall–Kier alpha value is -2.07. The highest BCUT2D eigenvalue weighted by molar-refractivity contribution is 7.16. The van der Waals surface area contributed by atoms with Crippen molar-refractivity contribution in [2.24, 2.45) is 0 Å². The maximum atomic E-state index is 11.8. The zero-order chi connectivity index (χ0) is 13.6. The van der Waals surface area contributed by atoms with Crippen LogP contribution in [0.4, 0.5) is 0 Å². The number of carbonyl (C=O) groups is 1. The number of Topliss-reactive ketones (excluding diaryl/α,β-unsaturated/α-hetero) is 1. The number of pyridine rings is 1. The third-order valence-corrected chi connectivity index (χ3v) is 3.98. The molecule has 3 nitrogen and oxygen atoms in total. The van der Waals surface area contributed by atoms with Crippen molar-refractivity contribution in [3.63, 3.8) is 0 Å². The smallest absolute Gasteiger partial charge is 0.245 e. The number of aryl methyl sites for hydroxylation is 1. The van der Waals surface area contributed by atoms with Crippen LogP contribution in [0.3, 0.4) is 0 Å². The molecular weight excluding hydrogens is 258 g/mol. The van der Waals surface area contributed by atoms with Gasteiger partial charge in [-0.2, -0.15) is 0 Å². The summed E-state index contributed by atoms with van der Waals surface area (Å²) in [7, 11) is 0. The molecule has 0 spiro atoms. The Morgan fingerprint density at radius 2 is 1.95 bits per heavy atom. The van der Waals surface area contributed by atoms with Gasteiger partial charge in [-0.05, 0) is 38.1 Å². The maximum Gasteiger partial charge on any atom is 0.245 e. The molecule has 0 unspecified atom stereocenters. The number of fused-ring (bicyclic) bond motifs is 2. The van der Waals surface area contributed by atoms with Crippen LogP contribution in [-0.2, 0) is 0 Å². The lowest BCUT2D eigenvalue weighted by Gasteiger charge is -2.03. The number of hydrogen-bond donors (Lipinski definition) is 0. The third kappa shape index (κ3) is 2.04. The standard InChI is InChI=1S/C15H11NO2S/c1-8-3-4-13-10(5-8)6-11-7-12(9(2)17)15(18)19-14(11)16-13/h3-7H,1-2H3. The molecule has 0 saturated carbocycles. The molecule has 94 valence electrons. The molecule has 0 atom stereocenters. The lowest BCUT2D eigenvalue weighted by Crippen LogP contribution is -2.08. The van der Waals surface area contributed by atoms with Gasteiger partial charge in [0.1, 0.15) is 4.83 Å². The second kappa shape index (κ2) is 4.24. The Balaban J connectivity index is 2.42. The summed E-state index contributed by atoms with van der Waals surface area (Å²) < 4.78 is -0.223. The summed E-state index contributed by atoms with van der Waals surface area (Å²) >= 11 is 1.03. The summed E-state index contributed by atoms with van der Waals surface area (Å²) in [6.45, 7) is 3.43. The largest absolute Gasteiger partial charge is 0.294 e. The Morgan fingerprint density at radius 3 is 2.68 bits per heavy atom. The van der Waals surface area contributed by atoms with Gasteiger partial charge in [0.05, 0.1) is 11.1 Å². The van der Waals surface area contributed by atoms with Crippen LogP contribution in [-0.4, -0.2) is 10.8 Å². The highest BCUT2D eigenvalue weighted by Crippen LogP contribution is 2.22. The molecule has 3 rings (SSSR count). The monoisotopic (exact) mass is 269 g/mol. The van der Waals surface area contributed by atoms with E-state index in [1.54, 1.807) is 6.07 Å². The van der Waals surface area contributed by atoms with Crippen molar-refractivity contribution in [2.75, 3.05) is 0 Å². The van der Waals surface area contributed by atoms with Crippen molar-refractivity contribution < 1.29 is 4.79 Å². The molecule has 2 aromatic heterocycles. The fraction of sp³-hybridized carbons (Fsp3) is 0.133. The zero-order valence-electron chi connectivity index (χ0n) is 10.6. The predicted molar refractivity (Wildman–Crippen MR) is 78.1 cm³/mol. The number of aromatic nitrogens is 1. The molecule has 3 aromatic rings. The van der Waals surface area contributed by atoms with E-state index in [0.29, 0.717) is 4.83 Å². The molecule has 0 aliphatic heterocycles. The van der Waals surface area contributed by atoms with Crippen LogP contribution in [0.25, 0.3) is 21.1 Å². The van der Waals surface area contributed by atoms with Crippen molar-refractivity contribution >= 4 is 38.2 Å². The van der Waals surface area contributed by atoms with Crippen LogP contribution < -0.4 is 4.74 Å². The molecule has 0 aliphatic rings. The summed E-state index contributed by atoms with van der Waals surface area (Å²) in [5.41, 5.74) is 2.26. The van der Waals surface area contributed by atoms with Gasteiger partial charge in [0.2, 0.25) is 4.74 Å². The second-order valence-electron chi connectivity index (χ2n) is 4.58. The van der Waals surface area contributed by atoms with Gasteiger partial charge in [-0.3, -0.25) is 9.59 Å². The third-order valence-electron chi connectivity index (χ3n) is 3.05. The van der Waals surface area contributed by atoms with Crippen LogP contribution >= 0.6 is 11.3 Å². The number of hydrogen-bond acceptors (Lipinski definition) is 4. The van der Waals surface area contributed by atoms with Gasteiger partial charge in [-0.15, -0.1) is 0 Å². The molecule has 0 amide bonds. The van der Waals surface area contributed by atoms with Crippen molar-refractivity contribution in [3.05, 3.63) is 51.0 Å². The highest BCUT2D eigenvalue weighted by atomic mass is 32.1. The van der Waals surface area contributed by atoms with Crippen molar-refractivity contribution in [3.8, 4) is 0 Å². The van der Waals surface area contributed by atoms with Gasteiger partial charge in [0.25, 0.3) is 0 Å². The van der Waals surface area contributed by atoms with Crippen molar-refractivity contribution in [1.82, 2.24) is 4.98 Å². The van der Waals surface area contributed by atoms with Crippen LogP contribution in [0.2, 0.25) is 0 Å². The zero-order valence-corrected chi connectivity index (χ0v) is 11.4. The van der Waals surface area contributed by atoms with Gasteiger partial charge in [-0.25, -0.2) is 4.98 Å². The van der Waals surface area contributed by atoms with Crippen LogP contribution in [0.5, 0.6) is 0 Å². The fourth-order valence-electron chi connectivity index (χ4n) is 2.08. The van der Waals surface area contributed by atoms with Crippen LogP contribution in [0.1, 0.15) is 22.8 Å². The average Bonchev–Trinajstić information content (AvgIpc) is 2.35. The van der Waals surface area contributed by atoms with E-state index in [1.165, 1.54) is 6.92 Å². The molecule has 0 radical (unpaired) electrons. The molecule has 0 saturated heterocycles. The molecule has 1 aromatic carbocycles. The van der Waals surface area contributed by atoms with E-state index in [2.05, 4.69) is 4.98 Å². The van der Waals surface area contributed by atoms with Gasteiger partial charge in [0, 0.05) is 10.8 Å². The average molecular weight is 269 g/mol. The first-order valence-electron chi connectivity index (χ1n) is 5.91. The minimum Gasteiger partial charge on any atom is -0.294 e. The van der Waals surface area contributed by atoms with E-state index in [9.17, 15) is 9.59 Å². The maximum absolute atomic E-state index is 11.8. The first-order valence-corrected chi connectivity index (χ1v) is 6.72. The van der Waals surface area contributed by atoms with Crippen LogP contribution in [0.15, 0.2) is 35.1 Å². The van der Waals surface area contributed by atoms with E-state index >= 15 is 0 Å². The number of carbonyl (C=O) groups excluding carboxylic acids is 1. The fourth-order valence-corrected chi connectivity index (χ4v) is 2.95. The Morgan fingerprint density at radius 1 is 1.16 bits per heavy atom. The van der Waals surface area contributed by atoms with E-state index < -0.39 is 0 Å². The molecule has 0 N–H and O–H groups in total. The van der Waals surface area contributed by atoms with Gasteiger partial charge < -0.3 is 0 Å². The lowest BCUT2D eigenvalue weighted by molar-refractivity contribution is 0.101. The van der Waals surface area contributed by atoms with E-state index in [1.807, 2.05) is 31.2 Å². The first-order chi connectivity index (χ1) is 9.04.